The first kappa shape index (κ1) is 31.7. The van der Waals surface area contributed by atoms with Gasteiger partial charge in [0, 0.05) is 49.0 Å². The van der Waals surface area contributed by atoms with E-state index in [9.17, 15) is 32.3 Å². The van der Waals surface area contributed by atoms with Gasteiger partial charge in [0.15, 0.2) is 5.82 Å². The van der Waals surface area contributed by atoms with Crippen LogP contribution in [0.25, 0.3) is 32.1 Å². The van der Waals surface area contributed by atoms with Crippen LogP contribution in [0.4, 0.5) is 37.2 Å². The molecule has 15 heteroatoms. The fourth-order valence-electron chi connectivity index (χ4n) is 7.55. The number of aromatic nitrogens is 2. The van der Waals surface area contributed by atoms with Crippen LogP contribution < -0.4 is 15.4 Å². The molecule has 8 nitrogen and oxygen atoms in total. The van der Waals surface area contributed by atoms with E-state index in [2.05, 4.69) is 9.97 Å². The Kier molecular flexibility index (Phi) is 7.88. The minimum Gasteiger partial charge on any atom is -0.461 e. The van der Waals surface area contributed by atoms with Crippen LogP contribution in [0, 0.1) is 28.9 Å². The molecule has 3 N–H and O–H groups in total. The monoisotopic (exact) mass is 676 g/mol. The lowest BCUT2D eigenvalue weighted by Gasteiger charge is -2.34. The highest BCUT2D eigenvalue weighted by atomic mass is 32.1. The number of thiophene rings is 1. The van der Waals surface area contributed by atoms with Crippen LogP contribution in [0.15, 0.2) is 18.2 Å². The smallest absolute Gasteiger partial charge is 0.417 e. The molecule has 0 aliphatic carbocycles. The lowest BCUT2D eigenvalue weighted by atomic mass is 9.92. The summed E-state index contributed by atoms with van der Waals surface area (Å²) in [7, 11) is 0. The van der Waals surface area contributed by atoms with Gasteiger partial charge in [-0.15, -0.1) is 11.3 Å². The number of piperidine rings is 1. The van der Waals surface area contributed by atoms with Gasteiger partial charge in [-0.3, -0.25) is 4.90 Å². The molecule has 2 aromatic carbocycles. The first-order valence-electron chi connectivity index (χ1n) is 15.3. The Morgan fingerprint density at radius 1 is 1.17 bits per heavy atom. The zero-order chi connectivity index (χ0) is 33.2. The van der Waals surface area contributed by atoms with Gasteiger partial charge in [0.05, 0.1) is 21.4 Å². The second-order valence-electron chi connectivity index (χ2n) is 12.6. The first-order chi connectivity index (χ1) is 22.4. The predicted octanol–water partition coefficient (Wildman–Crippen LogP) is 6.43. The van der Waals surface area contributed by atoms with Crippen molar-refractivity contribution in [1.82, 2.24) is 14.9 Å². The highest BCUT2D eigenvalue weighted by Gasteiger charge is 2.49. The molecule has 0 spiro atoms. The lowest BCUT2D eigenvalue weighted by Crippen LogP contribution is -2.43. The fraction of sp³-hybridized carbons (Fsp3) is 0.469. The van der Waals surface area contributed by atoms with Crippen molar-refractivity contribution in [3.63, 3.8) is 0 Å². The number of fused-ring (bicyclic) bond motifs is 3. The Morgan fingerprint density at radius 2 is 1.98 bits per heavy atom. The highest BCUT2D eigenvalue weighted by molar-refractivity contribution is 7.23. The van der Waals surface area contributed by atoms with E-state index in [0.29, 0.717) is 43.7 Å². The molecule has 0 saturated carbocycles. The van der Waals surface area contributed by atoms with Crippen molar-refractivity contribution in [2.45, 2.75) is 50.0 Å². The van der Waals surface area contributed by atoms with Crippen molar-refractivity contribution >= 4 is 43.1 Å². The van der Waals surface area contributed by atoms with Crippen LogP contribution in [-0.2, 0) is 6.18 Å². The number of anilines is 2. The van der Waals surface area contributed by atoms with Crippen LogP contribution in [0.3, 0.4) is 0 Å². The minimum absolute atomic E-state index is 0.00500. The van der Waals surface area contributed by atoms with Gasteiger partial charge >= 0.3 is 12.2 Å². The van der Waals surface area contributed by atoms with E-state index in [1.807, 2.05) is 11.0 Å². The Balaban J connectivity index is 1.46. The molecule has 47 heavy (non-hydrogen) atoms. The molecule has 248 valence electrons. The number of aliphatic hydroxyl groups excluding tert-OH is 1. The molecular weight excluding hydrogens is 646 g/mol. The fourth-order valence-corrected chi connectivity index (χ4v) is 8.50. The number of aliphatic hydroxyl groups is 1. The standard InChI is InChI=1S/C32H30F6N6O2S/c33-17-10-31(6-2-8-44(31)13-17)15-46-30-41-26-19(29(42-30)43-7-1-3-16(12-43)14-45)9-21(32(36,37)38)24(25(26)35)18-4-5-22(34)27-23(18)20(11-39)28(40)47-27/h4-5,9,16-17,45H,1-3,6-8,10,12-15,40H2/t16-,17+,31-/m0/s1. The maximum absolute atomic E-state index is 16.9. The Hall–Kier alpha value is -3.87. The number of nitrogens with two attached hydrogens (primary N) is 1. The largest absolute Gasteiger partial charge is 0.461 e. The van der Waals surface area contributed by atoms with Crippen LogP contribution in [-0.4, -0.2) is 71.1 Å². The minimum atomic E-state index is -5.09. The number of benzene rings is 2. The van der Waals surface area contributed by atoms with E-state index in [4.69, 9.17) is 10.5 Å². The summed E-state index contributed by atoms with van der Waals surface area (Å²) in [6, 6.07) is 4.22. The molecule has 7 rings (SSSR count). The summed E-state index contributed by atoms with van der Waals surface area (Å²) in [6.07, 6.45) is -3.04. The molecule has 5 heterocycles. The third kappa shape index (κ3) is 5.30. The summed E-state index contributed by atoms with van der Waals surface area (Å²) < 4.78 is 96.6. The Morgan fingerprint density at radius 3 is 2.72 bits per heavy atom. The van der Waals surface area contributed by atoms with Gasteiger partial charge in [-0.1, -0.05) is 6.07 Å². The van der Waals surface area contributed by atoms with Gasteiger partial charge in [-0.25, -0.2) is 13.2 Å². The quantitative estimate of drug-likeness (QED) is 0.225. The first-order valence-corrected chi connectivity index (χ1v) is 16.2. The maximum Gasteiger partial charge on any atom is 0.417 e. The summed E-state index contributed by atoms with van der Waals surface area (Å²) in [5.41, 5.74) is 1.98. The zero-order valence-electron chi connectivity index (χ0n) is 25.0. The van der Waals surface area contributed by atoms with Gasteiger partial charge in [0.25, 0.3) is 0 Å². The second-order valence-corrected chi connectivity index (χ2v) is 13.6. The Labute approximate surface area is 269 Å². The number of alkyl halides is 4. The van der Waals surface area contributed by atoms with Crippen molar-refractivity contribution < 1.29 is 36.2 Å². The number of ether oxygens (including phenoxy) is 1. The van der Waals surface area contributed by atoms with Crippen molar-refractivity contribution in [2.75, 3.05) is 50.0 Å². The van der Waals surface area contributed by atoms with E-state index in [-0.39, 0.29) is 82.1 Å². The number of halogens is 6. The SMILES string of the molecule is N#Cc1c(N)sc2c(F)ccc(-c3c(C(F)(F)F)cc4c(N5CCC[C@H](CO)C5)nc(OC[C@@]56CCCN5C[C@H](F)C6)nc4c3F)c12. The van der Waals surface area contributed by atoms with Crippen LogP contribution in [0.2, 0.25) is 0 Å². The molecule has 2 aromatic heterocycles. The summed E-state index contributed by atoms with van der Waals surface area (Å²) in [5.74, 6) is -2.35. The van der Waals surface area contributed by atoms with Crippen molar-refractivity contribution in [1.29, 1.82) is 5.26 Å². The number of hydrogen-bond donors (Lipinski definition) is 2. The summed E-state index contributed by atoms with van der Waals surface area (Å²) in [6.45, 7) is 1.46. The van der Waals surface area contributed by atoms with E-state index in [1.54, 1.807) is 4.90 Å². The molecule has 0 radical (unpaired) electrons. The van der Waals surface area contributed by atoms with Gasteiger partial charge < -0.3 is 20.5 Å². The number of nitriles is 1. The third-order valence-electron chi connectivity index (χ3n) is 9.70. The van der Waals surface area contributed by atoms with Crippen LogP contribution in [0.1, 0.15) is 43.2 Å². The average molecular weight is 677 g/mol. The van der Waals surface area contributed by atoms with Gasteiger partial charge in [0.2, 0.25) is 0 Å². The van der Waals surface area contributed by atoms with Crippen LogP contribution >= 0.6 is 11.3 Å². The lowest BCUT2D eigenvalue weighted by molar-refractivity contribution is -0.137. The molecule has 3 aliphatic heterocycles. The average Bonchev–Trinajstić information content (AvgIpc) is 3.69. The molecule has 0 unspecified atom stereocenters. The number of nitrogen functional groups attached to an aromatic ring is 1. The summed E-state index contributed by atoms with van der Waals surface area (Å²) in [4.78, 5) is 12.5. The zero-order valence-corrected chi connectivity index (χ0v) is 25.8. The summed E-state index contributed by atoms with van der Waals surface area (Å²) in [5, 5.41) is 19.1. The van der Waals surface area contributed by atoms with E-state index < -0.39 is 46.2 Å². The Bertz CT molecular complexity index is 1930. The maximum atomic E-state index is 16.9. The number of hydrogen-bond acceptors (Lipinski definition) is 9. The predicted molar refractivity (Wildman–Crippen MR) is 165 cm³/mol. The molecule has 0 bridgehead atoms. The molecule has 0 amide bonds. The van der Waals surface area contributed by atoms with Gasteiger partial charge in [-0.05, 0) is 55.8 Å². The number of rotatable bonds is 6. The molecule has 4 aromatic rings. The molecular formula is C32H30F6N6O2S. The van der Waals surface area contributed by atoms with Crippen LogP contribution in [0.5, 0.6) is 6.01 Å². The molecule has 3 atom stereocenters. The molecule has 3 aliphatic rings. The normalized spacial score (nSPS) is 23.5. The van der Waals surface area contributed by atoms with Crippen molar-refractivity contribution in [2.24, 2.45) is 5.92 Å². The van der Waals surface area contributed by atoms with Gasteiger partial charge in [0.1, 0.15) is 41.0 Å². The van der Waals surface area contributed by atoms with E-state index in [1.165, 1.54) is 0 Å². The number of nitrogens with zero attached hydrogens (tertiary/aromatic N) is 5. The van der Waals surface area contributed by atoms with Crippen molar-refractivity contribution in [3.8, 4) is 23.2 Å². The summed E-state index contributed by atoms with van der Waals surface area (Å²) >= 11 is 0.686. The van der Waals surface area contributed by atoms with Crippen molar-refractivity contribution in [3.05, 3.63) is 41.0 Å². The van der Waals surface area contributed by atoms with E-state index >= 15 is 4.39 Å². The third-order valence-corrected chi connectivity index (χ3v) is 10.7. The molecule has 3 fully saturated rings. The van der Waals surface area contributed by atoms with Gasteiger partial charge in [-0.2, -0.15) is 28.4 Å². The van der Waals surface area contributed by atoms with E-state index in [0.717, 1.165) is 24.6 Å². The topological polar surface area (TPSA) is 112 Å². The second kappa shape index (κ2) is 11.7. The highest BCUT2D eigenvalue weighted by Crippen LogP contribution is 2.48. The molecule has 3 saturated heterocycles.